The zero-order chi connectivity index (χ0) is 32.9. The van der Waals surface area contributed by atoms with Crippen LogP contribution in [0, 0.1) is 0 Å². The van der Waals surface area contributed by atoms with Crippen LogP contribution in [0.1, 0.15) is 213 Å². The van der Waals surface area contributed by atoms with Crippen molar-refractivity contribution in [3.8, 4) is 0 Å². The van der Waals surface area contributed by atoms with Gasteiger partial charge in [0.25, 0.3) is 0 Å². The van der Waals surface area contributed by atoms with E-state index in [4.69, 9.17) is 0 Å². The number of amides is 1. The highest BCUT2D eigenvalue weighted by atomic mass is 16.3. The summed E-state index contributed by atoms with van der Waals surface area (Å²) in [6, 6.07) is -0.622. The van der Waals surface area contributed by atoms with Crippen LogP contribution in [0.3, 0.4) is 0 Å². The number of carbonyl (C=O) groups excluding carboxylic acids is 1. The van der Waals surface area contributed by atoms with Crippen LogP contribution in [0.5, 0.6) is 0 Å². The fourth-order valence-corrected chi connectivity index (χ4v) is 6.05. The highest BCUT2D eigenvalue weighted by molar-refractivity contribution is 5.76. The van der Waals surface area contributed by atoms with Crippen LogP contribution in [0.4, 0.5) is 0 Å². The van der Waals surface area contributed by atoms with Gasteiger partial charge in [-0.3, -0.25) is 4.79 Å². The van der Waals surface area contributed by atoms with Crippen LogP contribution < -0.4 is 5.32 Å². The Balaban J connectivity index is 3.60. The first-order valence-corrected chi connectivity index (χ1v) is 20.1. The maximum Gasteiger partial charge on any atom is 0.220 e. The molecule has 0 fully saturated rings. The summed E-state index contributed by atoms with van der Waals surface area (Å²) in [5.41, 5.74) is 0. The number of hydrogen-bond donors (Lipinski definition) is 3. The van der Waals surface area contributed by atoms with Gasteiger partial charge in [-0.15, -0.1) is 0 Å². The average molecular weight is 634 g/mol. The van der Waals surface area contributed by atoms with Gasteiger partial charge in [0.1, 0.15) is 0 Å². The first-order chi connectivity index (χ1) is 22.2. The lowest BCUT2D eigenvalue weighted by molar-refractivity contribution is -0.123. The molecule has 0 aliphatic carbocycles. The minimum Gasteiger partial charge on any atom is -0.394 e. The van der Waals surface area contributed by atoms with E-state index in [0.717, 1.165) is 32.1 Å². The summed E-state index contributed by atoms with van der Waals surface area (Å²) in [6.07, 6.45) is 47.0. The van der Waals surface area contributed by atoms with Gasteiger partial charge < -0.3 is 15.5 Å². The molecular formula is C41H79NO3. The zero-order valence-electron chi connectivity index (χ0n) is 30.4. The third-order valence-corrected chi connectivity index (χ3v) is 9.18. The lowest BCUT2D eigenvalue weighted by Gasteiger charge is -2.20. The highest BCUT2D eigenvalue weighted by Gasteiger charge is 2.17. The zero-order valence-corrected chi connectivity index (χ0v) is 30.4. The molecule has 0 aromatic carbocycles. The van der Waals surface area contributed by atoms with Gasteiger partial charge in [0.05, 0.1) is 18.8 Å². The minimum absolute atomic E-state index is 0.0718. The number of unbranched alkanes of at least 4 members (excludes halogenated alkanes) is 27. The van der Waals surface area contributed by atoms with E-state index in [1.54, 1.807) is 6.08 Å². The van der Waals surface area contributed by atoms with E-state index in [-0.39, 0.29) is 12.5 Å². The molecule has 0 aromatic heterocycles. The third kappa shape index (κ3) is 34.0. The van der Waals surface area contributed by atoms with Crippen molar-refractivity contribution in [3.63, 3.8) is 0 Å². The molecule has 0 heterocycles. The fraction of sp³-hybridized carbons (Fsp3) is 0.878. The molecule has 2 unspecified atom stereocenters. The Hall–Kier alpha value is -1.13. The molecule has 0 aromatic rings. The molecular weight excluding hydrogens is 554 g/mol. The molecule has 0 aliphatic heterocycles. The molecule has 4 nitrogen and oxygen atoms in total. The van der Waals surface area contributed by atoms with E-state index in [9.17, 15) is 15.0 Å². The van der Waals surface area contributed by atoms with Crippen LogP contribution >= 0.6 is 0 Å². The summed E-state index contributed by atoms with van der Waals surface area (Å²) in [5.74, 6) is -0.0718. The van der Waals surface area contributed by atoms with Crippen molar-refractivity contribution in [1.29, 1.82) is 0 Å². The van der Waals surface area contributed by atoms with Gasteiger partial charge in [-0.1, -0.05) is 186 Å². The molecule has 0 saturated carbocycles. The van der Waals surface area contributed by atoms with E-state index in [2.05, 4.69) is 31.3 Å². The van der Waals surface area contributed by atoms with Crippen molar-refractivity contribution in [2.45, 2.75) is 225 Å². The lowest BCUT2D eigenvalue weighted by Crippen LogP contribution is -2.45. The van der Waals surface area contributed by atoms with Gasteiger partial charge in [-0.25, -0.2) is 0 Å². The van der Waals surface area contributed by atoms with Crippen LogP contribution in [0.15, 0.2) is 24.3 Å². The Morgan fingerprint density at radius 1 is 0.511 bits per heavy atom. The SMILES string of the molecule is CCCCCCCCCCC/C=C\CCCCCCCC(=O)NC(CO)C(O)/C=C/CCCCCCCCCCCCCCC. The van der Waals surface area contributed by atoms with Crippen molar-refractivity contribution in [1.82, 2.24) is 5.32 Å². The molecule has 0 bridgehead atoms. The van der Waals surface area contributed by atoms with Gasteiger partial charge >= 0.3 is 0 Å². The van der Waals surface area contributed by atoms with Crippen LogP contribution in [-0.4, -0.2) is 34.9 Å². The molecule has 0 spiro atoms. The number of allylic oxidation sites excluding steroid dienone is 3. The topological polar surface area (TPSA) is 69.6 Å². The standard InChI is InChI=1S/C41H79NO3/c1-3-5-7-9-11-13-15-17-19-20-21-23-25-27-29-31-33-35-37-41(45)42-39(38-43)40(44)36-34-32-30-28-26-24-22-18-16-14-12-10-8-6-4-2/h21,23,34,36,39-40,43-44H,3-20,22,24-33,35,37-38H2,1-2H3,(H,42,45)/b23-21-,36-34+. The van der Waals surface area contributed by atoms with Gasteiger partial charge in [0.15, 0.2) is 0 Å². The molecule has 0 radical (unpaired) electrons. The number of nitrogens with one attached hydrogen (secondary N) is 1. The molecule has 2 atom stereocenters. The molecule has 1 amide bonds. The van der Waals surface area contributed by atoms with E-state index < -0.39 is 12.1 Å². The first kappa shape index (κ1) is 43.9. The maximum absolute atomic E-state index is 12.3. The molecule has 45 heavy (non-hydrogen) atoms. The Morgan fingerprint density at radius 2 is 0.844 bits per heavy atom. The Labute approximate surface area is 281 Å². The summed E-state index contributed by atoms with van der Waals surface area (Å²) in [5, 5.41) is 22.9. The van der Waals surface area contributed by atoms with Crippen LogP contribution in [0.2, 0.25) is 0 Å². The van der Waals surface area contributed by atoms with Gasteiger partial charge in [-0.05, 0) is 44.9 Å². The smallest absolute Gasteiger partial charge is 0.220 e. The summed E-state index contributed by atoms with van der Waals surface area (Å²) in [6.45, 7) is 4.30. The highest BCUT2D eigenvalue weighted by Crippen LogP contribution is 2.14. The minimum atomic E-state index is -0.839. The third-order valence-electron chi connectivity index (χ3n) is 9.18. The predicted molar refractivity (Wildman–Crippen MR) is 198 cm³/mol. The number of aliphatic hydroxyl groups excluding tert-OH is 2. The second-order valence-corrected chi connectivity index (χ2v) is 13.7. The first-order valence-electron chi connectivity index (χ1n) is 20.1. The summed E-state index contributed by atoms with van der Waals surface area (Å²) < 4.78 is 0. The van der Waals surface area contributed by atoms with Crippen molar-refractivity contribution in [2.24, 2.45) is 0 Å². The molecule has 4 heteroatoms. The normalized spacial score (nSPS) is 13.2. The van der Waals surface area contributed by atoms with E-state index in [0.29, 0.717) is 6.42 Å². The maximum atomic E-state index is 12.3. The van der Waals surface area contributed by atoms with Crippen LogP contribution in [0.25, 0.3) is 0 Å². The second kappa shape index (κ2) is 37.3. The summed E-state index contributed by atoms with van der Waals surface area (Å²) in [4.78, 5) is 12.3. The molecule has 0 aliphatic rings. The number of rotatable bonds is 36. The molecule has 3 N–H and O–H groups in total. The number of carbonyl (C=O) groups is 1. The van der Waals surface area contributed by atoms with Gasteiger partial charge in [-0.2, -0.15) is 0 Å². The predicted octanol–water partition coefficient (Wildman–Crippen LogP) is 12.1. The van der Waals surface area contributed by atoms with Crippen LogP contribution in [-0.2, 0) is 4.79 Å². The largest absolute Gasteiger partial charge is 0.394 e. The lowest BCUT2D eigenvalue weighted by atomic mass is 10.0. The second-order valence-electron chi connectivity index (χ2n) is 13.7. The van der Waals surface area contributed by atoms with Crippen molar-refractivity contribution >= 4 is 5.91 Å². The average Bonchev–Trinajstić information content (AvgIpc) is 3.04. The monoisotopic (exact) mass is 634 g/mol. The Kier molecular flexibility index (Phi) is 36.4. The van der Waals surface area contributed by atoms with Crippen molar-refractivity contribution < 1.29 is 15.0 Å². The van der Waals surface area contributed by atoms with Crippen molar-refractivity contribution in [3.05, 3.63) is 24.3 Å². The summed E-state index contributed by atoms with van der Waals surface area (Å²) >= 11 is 0. The fourth-order valence-electron chi connectivity index (χ4n) is 6.05. The molecule has 0 saturated heterocycles. The summed E-state index contributed by atoms with van der Waals surface area (Å²) in [7, 11) is 0. The Morgan fingerprint density at radius 3 is 1.22 bits per heavy atom. The van der Waals surface area contributed by atoms with E-state index in [1.807, 2.05) is 6.08 Å². The number of aliphatic hydroxyl groups is 2. The quantitative estimate of drug-likeness (QED) is 0.0475. The van der Waals surface area contributed by atoms with Gasteiger partial charge in [0, 0.05) is 6.42 Å². The van der Waals surface area contributed by atoms with Crippen molar-refractivity contribution in [2.75, 3.05) is 6.61 Å². The number of hydrogen-bond acceptors (Lipinski definition) is 3. The van der Waals surface area contributed by atoms with Gasteiger partial charge in [0.2, 0.25) is 5.91 Å². The Bertz CT molecular complexity index is 647. The molecule has 266 valence electrons. The molecule has 0 rings (SSSR count). The van der Waals surface area contributed by atoms with E-state index in [1.165, 1.54) is 161 Å². The van der Waals surface area contributed by atoms with E-state index >= 15 is 0 Å².